The third kappa shape index (κ3) is 5.73. The van der Waals surface area contributed by atoms with Crippen molar-refractivity contribution in [2.24, 2.45) is 0 Å². The zero-order valence-electron chi connectivity index (χ0n) is 18.8. The van der Waals surface area contributed by atoms with E-state index in [1.165, 1.54) is 12.1 Å². The summed E-state index contributed by atoms with van der Waals surface area (Å²) < 4.78 is 30.1. The lowest BCUT2D eigenvalue weighted by Crippen LogP contribution is -2.26. The Morgan fingerprint density at radius 2 is 1.53 bits per heavy atom. The van der Waals surface area contributed by atoms with Gasteiger partial charge in [0.2, 0.25) is 10.0 Å². The highest BCUT2D eigenvalue weighted by Crippen LogP contribution is 2.36. The van der Waals surface area contributed by atoms with Crippen LogP contribution in [0, 0.1) is 0 Å². The van der Waals surface area contributed by atoms with Gasteiger partial charge in [0.25, 0.3) is 0 Å². The molecule has 0 fully saturated rings. The van der Waals surface area contributed by atoms with Gasteiger partial charge in [-0.2, -0.15) is 0 Å². The molecule has 8 heteroatoms. The van der Waals surface area contributed by atoms with Crippen LogP contribution in [-0.4, -0.2) is 30.3 Å². The molecule has 0 saturated heterocycles. The average Bonchev–Trinajstić information content (AvgIpc) is 3.21. The Balaban J connectivity index is 1.58. The number of sulfonamides is 1. The summed E-state index contributed by atoms with van der Waals surface area (Å²) in [5.74, 6) is 0.552. The summed E-state index contributed by atoms with van der Waals surface area (Å²) in [5.41, 5.74) is 4.18. The Kier molecular flexibility index (Phi) is 8.11. The number of benzene rings is 3. The lowest BCUT2D eigenvalue weighted by molar-refractivity contribution is 0.584. The van der Waals surface area contributed by atoms with Gasteiger partial charge >= 0.3 is 0 Å². The summed E-state index contributed by atoms with van der Waals surface area (Å²) in [6.45, 7) is 3.25. The van der Waals surface area contributed by atoms with E-state index in [2.05, 4.69) is 40.5 Å². The van der Waals surface area contributed by atoms with E-state index in [-0.39, 0.29) is 11.4 Å². The summed E-state index contributed by atoms with van der Waals surface area (Å²) in [6, 6.07) is 26.6. The third-order valence-electron chi connectivity index (χ3n) is 5.22. The highest BCUT2D eigenvalue weighted by atomic mass is 35.5. The molecule has 4 rings (SSSR count). The molecule has 3 aromatic carbocycles. The zero-order valence-corrected chi connectivity index (χ0v) is 21.2. The molecule has 34 heavy (non-hydrogen) atoms. The molecule has 0 atom stereocenters. The molecule has 0 amide bonds. The average molecular weight is 512 g/mol. The van der Waals surface area contributed by atoms with Crippen LogP contribution in [0.25, 0.3) is 22.5 Å². The summed E-state index contributed by atoms with van der Waals surface area (Å²) in [6.07, 6.45) is 0.960. The number of hydrogen-bond donors (Lipinski definition) is 1. The van der Waals surface area contributed by atoms with E-state index in [4.69, 9.17) is 16.6 Å². The Morgan fingerprint density at radius 1 is 0.912 bits per heavy atom. The van der Waals surface area contributed by atoms with Crippen LogP contribution in [0.4, 0.5) is 0 Å². The summed E-state index contributed by atoms with van der Waals surface area (Å²) >= 11 is 7.43. The first-order valence-electron chi connectivity index (χ1n) is 11.1. The quantitative estimate of drug-likeness (QED) is 0.199. The van der Waals surface area contributed by atoms with E-state index in [0.717, 1.165) is 40.6 Å². The van der Waals surface area contributed by atoms with Gasteiger partial charge in [-0.25, -0.2) is 18.1 Å². The number of hydrogen-bond acceptors (Lipinski definition) is 4. The number of nitrogens with one attached hydrogen (secondary N) is 1. The fourth-order valence-corrected chi connectivity index (χ4v) is 5.84. The Bertz CT molecular complexity index is 1320. The summed E-state index contributed by atoms with van der Waals surface area (Å²) in [5, 5.41) is 1.38. The second kappa shape index (κ2) is 11.2. The molecule has 0 aliphatic carbocycles. The number of imidazole rings is 1. The molecule has 0 aliphatic rings. The number of rotatable bonds is 10. The number of thioether (sulfide) groups is 1. The van der Waals surface area contributed by atoms with Gasteiger partial charge in [-0.05, 0) is 30.7 Å². The van der Waals surface area contributed by atoms with Crippen molar-refractivity contribution in [2.45, 2.75) is 29.9 Å². The van der Waals surface area contributed by atoms with Crippen LogP contribution < -0.4 is 4.72 Å². The van der Waals surface area contributed by atoms with Gasteiger partial charge in [0.15, 0.2) is 5.16 Å². The minimum atomic E-state index is -3.59. The van der Waals surface area contributed by atoms with Crippen molar-refractivity contribution in [3.8, 4) is 22.5 Å². The molecular formula is C26H26ClN3O2S2. The van der Waals surface area contributed by atoms with E-state index in [0.29, 0.717) is 10.8 Å². The van der Waals surface area contributed by atoms with E-state index in [1.54, 1.807) is 23.9 Å². The van der Waals surface area contributed by atoms with Crippen LogP contribution in [0.15, 0.2) is 95.0 Å². The van der Waals surface area contributed by atoms with E-state index < -0.39 is 10.0 Å². The topological polar surface area (TPSA) is 64.0 Å². The first kappa shape index (κ1) is 24.5. The smallest absolute Gasteiger partial charge is 0.240 e. The maximum Gasteiger partial charge on any atom is 0.240 e. The Morgan fingerprint density at radius 3 is 2.15 bits per heavy atom. The Labute approximate surface area is 210 Å². The number of nitrogens with zero attached hydrogens (tertiary/aromatic N) is 2. The molecule has 0 spiro atoms. The SMILES string of the molecule is CCCn1c(SCCNS(=O)(=O)c2ccc(Cl)cc2)nc(-c2ccccc2)c1-c1ccccc1. The highest BCUT2D eigenvalue weighted by Gasteiger charge is 2.20. The maximum atomic E-state index is 12.6. The maximum absolute atomic E-state index is 12.6. The van der Waals surface area contributed by atoms with Crippen LogP contribution in [0.1, 0.15) is 13.3 Å². The predicted octanol–water partition coefficient (Wildman–Crippen LogP) is 6.35. The van der Waals surface area contributed by atoms with Gasteiger partial charge in [-0.15, -0.1) is 0 Å². The van der Waals surface area contributed by atoms with Gasteiger partial charge in [0.1, 0.15) is 0 Å². The van der Waals surface area contributed by atoms with Crippen LogP contribution in [0.2, 0.25) is 5.02 Å². The number of halogens is 1. The molecule has 1 heterocycles. The molecule has 176 valence electrons. The lowest BCUT2D eigenvalue weighted by Gasteiger charge is -2.12. The normalized spacial score (nSPS) is 11.6. The molecule has 1 N–H and O–H groups in total. The van der Waals surface area contributed by atoms with Crippen LogP contribution in [0.3, 0.4) is 0 Å². The minimum Gasteiger partial charge on any atom is -0.318 e. The van der Waals surface area contributed by atoms with Crippen molar-refractivity contribution < 1.29 is 8.42 Å². The molecule has 0 radical (unpaired) electrons. The molecular weight excluding hydrogens is 486 g/mol. The van der Waals surface area contributed by atoms with Crippen LogP contribution >= 0.6 is 23.4 Å². The summed E-state index contributed by atoms with van der Waals surface area (Å²) in [7, 11) is -3.59. The monoisotopic (exact) mass is 511 g/mol. The van der Waals surface area contributed by atoms with Gasteiger partial charge in [-0.1, -0.05) is 91.0 Å². The number of aromatic nitrogens is 2. The molecule has 1 aromatic heterocycles. The van der Waals surface area contributed by atoms with Gasteiger partial charge in [0.05, 0.1) is 16.3 Å². The first-order valence-corrected chi connectivity index (χ1v) is 13.9. The fourth-order valence-electron chi connectivity index (χ4n) is 3.67. The van der Waals surface area contributed by atoms with Gasteiger partial charge < -0.3 is 4.57 Å². The molecule has 0 saturated carbocycles. The van der Waals surface area contributed by atoms with Crippen molar-refractivity contribution in [2.75, 3.05) is 12.3 Å². The molecule has 4 aromatic rings. The van der Waals surface area contributed by atoms with Crippen LogP contribution in [0.5, 0.6) is 0 Å². The van der Waals surface area contributed by atoms with Crippen LogP contribution in [-0.2, 0) is 16.6 Å². The van der Waals surface area contributed by atoms with Crippen molar-refractivity contribution in [3.05, 3.63) is 90.0 Å². The Hall–Kier alpha value is -2.58. The van der Waals surface area contributed by atoms with Gasteiger partial charge in [-0.3, -0.25) is 0 Å². The van der Waals surface area contributed by atoms with Crippen molar-refractivity contribution in [1.29, 1.82) is 0 Å². The highest BCUT2D eigenvalue weighted by molar-refractivity contribution is 7.99. The van der Waals surface area contributed by atoms with E-state index >= 15 is 0 Å². The van der Waals surface area contributed by atoms with E-state index in [9.17, 15) is 8.42 Å². The third-order valence-corrected chi connectivity index (χ3v) is 7.93. The standard InChI is InChI=1S/C26H26ClN3O2S2/c1-2-18-30-25(21-11-7-4-8-12-21)24(20-9-5-3-6-10-20)29-26(30)33-19-17-28-34(31,32)23-15-13-22(27)14-16-23/h3-16,28H,2,17-19H2,1H3. The second-order valence-electron chi connectivity index (χ2n) is 7.68. The second-order valence-corrected chi connectivity index (χ2v) is 10.9. The lowest BCUT2D eigenvalue weighted by atomic mass is 10.0. The van der Waals surface area contributed by atoms with Crippen molar-refractivity contribution in [3.63, 3.8) is 0 Å². The zero-order chi connectivity index (χ0) is 24.0. The van der Waals surface area contributed by atoms with Crippen molar-refractivity contribution in [1.82, 2.24) is 14.3 Å². The van der Waals surface area contributed by atoms with Crippen molar-refractivity contribution >= 4 is 33.4 Å². The molecule has 5 nitrogen and oxygen atoms in total. The predicted molar refractivity (Wildman–Crippen MR) is 141 cm³/mol. The largest absolute Gasteiger partial charge is 0.318 e. The molecule has 0 unspecified atom stereocenters. The van der Waals surface area contributed by atoms with E-state index in [1.807, 2.05) is 36.4 Å². The fraction of sp³-hybridized carbons (Fsp3) is 0.192. The molecule has 0 bridgehead atoms. The summed E-state index contributed by atoms with van der Waals surface area (Å²) in [4.78, 5) is 5.21. The molecule has 0 aliphatic heterocycles. The first-order chi connectivity index (χ1) is 16.5. The van der Waals surface area contributed by atoms with Gasteiger partial charge in [0, 0.05) is 35.0 Å². The minimum absolute atomic E-state index is 0.201.